The smallest absolute Gasteiger partial charge is 0.132 e. The van der Waals surface area contributed by atoms with Gasteiger partial charge in [0.2, 0.25) is 0 Å². The topological polar surface area (TPSA) is 43.1 Å². The maximum atomic E-state index is 10.9. The lowest BCUT2D eigenvalue weighted by Crippen LogP contribution is -2.30. The standard InChI is InChI=1S/C8H15NO/c1-6(10)7-3-2-4-8(9)5-7/h7-8H,2-5,9H2,1H3/t7-,8-/m0/s1. The fourth-order valence-corrected chi connectivity index (χ4v) is 1.60. The summed E-state index contributed by atoms with van der Waals surface area (Å²) in [6.07, 6.45) is 4.20. The van der Waals surface area contributed by atoms with Gasteiger partial charge in [0.05, 0.1) is 0 Å². The molecule has 2 nitrogen and oxygen atoms in total. The van der Waals surface area contributed by atoms with Crippen LogP contribution in [0.15, 0.2) is 0 Å². The van der Waals surface area contributed by atoms with Gasteiger partial charge in [-0.05, 0) is 26.2 Å². The zero-order chi connectivity index (χ0) is 7.56. The van der Waals surface area contributed by atoms with Gasteiger partial charge in [-0.25, -0.2) is 0 Å². The Kier molecular flexibility index (Phi) is 2.44. The van der Waals surface area contributed by atoms with Crippen molar-refractivity contribution < 1.29 is 4.79 Å². The molecule has 0 bridgehead atoms. The van der Waals surface area contributed by atoms with Crippen LogP contribution in [0.4, 0.5) is 0 Å². The quantitative estimate of drug-likeness (QED) is 0.594. The Morgan fingerprint density at radius 2 is 2.20 bits per heavy atom. The van der Waals surface area contributed by atoms with Gasteiger partial charge in [0, 0.05) is 12.0 Å². The number of hydrogen-bond acceptors (Lipinski definition) is 2. The first-order chi connectivity index (χ1) is 4.70. The summed E-state index contributed by atoms with van der Waals surface area (Å²) in [4.78, 5) is 10.9. The van der Waals surface area contributed by atoms with E-state index in [2.05, 4.69) is 0 Å². The van der Waals surface area contributed by atoms with Gasteiger partial charge in [0.25, 0.3) is 0 Å². The first-order valence-electron chi connectivity index (χ1n) is 3.96. The Balaban J connectivity index is 2.39. The monoisotopic (exact) mass is 141 g/mol. The SMILES string of the molecule is CC(=O)[C@H]1CCC[C@H](N)C1. The van der Waals surface area contributed by atoms with Crippen LogP contribution in [0, 0.1) is 5.92 Å². The van der Waals surface area contributed by atoms with Crippen LogP contribution in [0.1, 0.15) is 32.6 Å². The van der Waals surface area contributed by atoms with Crippen molar-refractivity contribution in [2.24, 2.45) is 11.7 Å². The molecule has 0 amide bonds. The summed E-state index contributed by atoms with van der Waals surface area (Å²) < 4.78 is 0. The molecule has 0 aromatic rings. The second kappa shape index (κ2) is 3.15. The summed E-state index contributed by atoms with van der Waals surface area (Å²) >= 11 is 0. The molecule has 0 spiro atoms. The molecule has 0 aliphatic heterocycles. The molecular formula is C8H15NO. The summed E-state index contributed by atoms with van der Waals surface area (Å²) in [5.41, 5.74) is 5.71. The Hall–Kier alpha value is -0.370. The van der Waals surface area contributed by atoms with Gasteiger partial charge >= 0.3 is 0 Å². The maximum Gasteiger partial charge on any atom is 0.132 e. The van der Waals surface area contributed by atoms with E-state index in [9.17, 15) is 4.79 Å². The molecule has 2 atom stereocenters. The second-order valence-electron chi connectivity index (χ2n) is 3.23. The number of ketones is 1. The highest BCUT2D eigenvalue weighted by atomic mass is 16.1. The van der Waals surface area contributed by atoms with Crippen LogP contribution >= 0.6 is 0 Å². The first-order valence-corrected chi connectivity index (χ1v) is 3.96. The summed E-state index contributed by atoms with van der Waals surface area (Å²) in [6.45, 7) is 1.67. The molecule has 0 aromatic carbocycles. The van der Waals surface area contributed by atoms with E-state index in [1.807, 2.05) is 0 Å². The molecule has 1 rings (SSSR count). The van der Waals surface area contributed by atoms with Crippen molar-refractivity contribution in [2.45, 2.75) is 38.6 Å². The van der Waals surface area contributed by atoms with E-state index in [0.717, 1.165) is 25.7 Å². The van der Waals surface area contributed by atoms with Gasteiger partial charge in [-0.1, -0.05) is 6.42 Å². The molecule has 10 heavy (non-hydrogen) atoms. The molecule has 2 heteroatoms. The Bertz CT molecular complexity index is 133. The van der Waals surface area contributed by atoms with Gasteiger partial charge in [0.15, 0.2) is 0 Å². The van der Waals surface area contributed by atoms with Gasteiger partial charge in [-0.3, -0.25) is 4.79 Å². The Morgan fingerprint density at radius 3 is 2.60 bits per heavy atom. The molecule has 0 heterocycles. The molecule has 1 fully saturated rings. The van der Waals surface area contributed by atoms with E-state index in [-0.39, 0.29) is 12.0 Å². The van der Waals surface area contributed by atoms with Gasteiger partial charge in [-0.15, -0.1) is 0 Å². The molecule has 1 aliphatic rings. The van der Waals surface area contributed by atoms with Crippen LogP contribution in [0.3, 0.4) is 0 Å². The minimum atomic E-state index is 0.267. The Morgan fingerprint density at radius 1 is 1.50 bits per heavy atom. The van der Waals surface area contributed by atoms with E-state index in [1.165, 1.54) is 0 Å². The fourth-order valence-electron chi connectivity index (χ4n) is 1.60. The van der Waals surface area contributed by atoms with Crippen molar-refractivity contribution in [3.8, 4) is 0 Å². The van der Waals surface area contributed by atoms with E-state index in [4.69, 9.17) is 5.73 Å². The number of hydrogen-bond donors (Lipinski definition) is 1. The molecule has 2 N–H and O–H groups in total. The fraction of sp³-hybridized carbons (Fsp3) is 0.875. The molecular weight excluding hydrogens is 126 g/mol. The molecule has 58 valence electrons. The number of rotatable bonds is 1. The molecule has 1 aliphatic carbocycles. The molecule has 0 radical (unpaired) electrons. The number of nitrogens with two attached hydrogens (primary N) is 1. The lowest BCUT2D eigenvalue weighted by Gasteiger charge is -2.24. The second-order valence-corrected chi connectivity index (χ2v) is 3.23. The average Bonchev–Trinajstić information content (AvgIpc) is 1.88. The van der Waals surface area contributed by atoms with Crippen LogP contribution in [0.2, 0.25) is 0 Å². The largest absolute Gasteiger partial charge is 0.328 e. The predicted molar refractivity (Wildman–Crippen MR) is 40.6 cm³/mol. The van der Waals surface area contributed by atoms with E-state index in [1.54, 1.807) is 6.92 Å². The molecule has 1 saturated carbocycles. The third-order valence-corrected chi connectivity index (χ3v) is 2.29. The lowest BCUT2D eigenvalue weighted by molar-refractivity contribution is -0.121. The molecule has 0 aromatic heterocycles. The van der Waals surface area contributed by atoms with Crippen LogP contribution in [-0.4, -0.2) is 11.8 Å². The third-order valence-electron chi connectivity index (χ3n) is 2.29. The third kappa shape index (κ3) is 1.81. The molecule has 0 saturated heterocycles. The first kappa shape index (κ1) is 7.73. The van der Waals surface area contributed by atoms with E-state index in [0.29, 0.717) is 5.78 Å². The highest BCUT2D eigenvalue weighted by molar-refractivity contribution is 5.78. The van der Waals surface area contributed by atoms with E-state index < -0.39 is 0 Å². The van der Waals surface area contributed by atoms with Crippen molar-refractivity contribution in [1.82, 2.24) is 0 Å². The lowest BCUT2D eigenvalue weighted by atomic mass is 9.84. The molecule has 0 unspecified atom stereocenters. The minimum absolute atomic E-state index is 0.267. The predicted octanol–water partition coefficient (Wildman–Crippen LogP) is 1.09. The van der Waals surface area contributed by atoms with Crippen molar-refractivity contribution in [3.63, 3.8) is 0 Å². The zero-order valence-corrected chi connectivity index (χ0v) is 6.47. The van der Waals surface area contributed by atoms with Gasteiger partial charge < -0.3 is 5.73 Å². The number of carbonyl (C=O) groups excluding carboxylic acids is 1. The summed E-state index contributed by atoms with van der Waals surface area (Å²) in [6, 6.07) is 0.280. The van der Waals surface area contributed by atoms with Gasteiger partial charge in [-0.2, -0.15) is 0 Å². The zero-order valence-electron chi connectivity index (χ0n) is 6.47. The van der Waals surface area contributed by atoms with Gasteiger partial charge in [0.1, 0.15) is 5.78 Å². The maximum absolute atomic E-state index is 10.9. The normalized spacial score (nSPS) is 33.8. The van der Waals surface area contributed by atoms with Crippen LogP contribution in [0.25, 0.3) is 0 Å². The summed E-state index contributed by atoms with van der Waals surface area (Å²) in [5, 5.41) is 0. The van der Waals surface area contributed by atoms with Crippen LogP contribution in [0.5, 0.6) is 0 Å². The highest BCUT2D eigenvalue weighted by Crippen LogP contribution is 2.23. The Labute approximate surface area is 61.8 Å². The van der Waals surface area contributed by atoms with Crippen molar-refractivity contribution in [3.05, 3.63) is 0 Å². The van der Waals surface area contributed by atoms with Crippen LogP contribution < -0.4 is 5.73 Å². The number of carbonyl (C=O) groups is 1. The van der Waals surface area contributed by atoms with Crippen molar-refractivity contribution in [2.75, 3.05) is 0 Å². The average molecular weight is 141 g/mol. The number of Topliss-reactive ketones (excluding diaryl/α,β-unsaturated/α-hetero) is 1. The van der Waals surface area contributed by atoms with Crippen molar-refractivity contribution in [1.29, 1.82) is 0 Å². The highest BCUT2D eigenvalue weighted by Gasteiger charge is 2.21. The summed E-state index contributed by atoms with van der Waals surface area (Å²) in [7, 11) is 0. The van der Waals surface area contributed by atoms with Crippen molar-refractivity contribution >= 4 is 5.78 Å². The summed E-state index contributed by atoms with van der Waals surface area (Å²) in [5.74, 6) is 0.582. The minimum Gasteiger partial charge on any atom is -0.328 e. The van der Waals surface area contributed by atoms with E-state index >= 15 is 0 Å². The van der Waals surface area contributed by atoms with Crippen LogP contribution in [-0.2, 0) is 4.79 Å².